The van der Waals surface area contributed by atoms with Gasteiger partial charge in [0.25, 0.3) is 0 Å². The largest absolute Gasteiger partial charge is 1.00 e. The average molecular weight is 171 g/mol. The second-order valence-corrected chi connectivity index (χ2v) is 4.23. The smallest absolute Gasteiger partial charge is 1.00 e. The fourth-order valence-electron chi connectivity index (χ4n) is 1.28. The molecule has 0 N–H and O–H groups in total. The van der Waals surface area contributed by atoms with E-state index in [-0.39, 0.29) is 1.43 Å². The van der Waals surface area contributed by atoms with Crippen molar-refractivity contribution in [3.8, 4) is 0 Å². The van der Waals surface area contributed by atoms with Gasteiger partial charge in [0.2, 0.25) is 0 Å². The molecule has 0 spiro atoms. The summed E-state index contributed by atoms with van der Waals surface area (Å²) in [7, 11) is 0. The van der Waals surface area contributed by atoms with Crippen molar-refractivity contribution in [3.63, 3.8) is 0 Å². The molecule has 0 unspecified atom stereocenters. The van der Waals surface area contributed by atoms with Crippen LogP contribution in [0.5, 0.6) is 0 Å². The molecule has 0 amide bonds. The van der Waals surface area contributed by atoms with E-state index < -0.39 is 0 Å². The Labute approximate surface area is 79.4 Å². The maximum Gasteiger partial charge on any atom is -1.00 e. The minimum Gasteiger partial charge on any atom is -1.00 e. The summed E-state index contributed by atoms with van der Waals surface area (Å²) >= 11 is 0.750. The minimum absolute atomic E-state index is 0. The van der Waals surface area contributed by atoms with Gasteiger partial charge in [-0.25, -0.2) is 0 Å². The Balaban J connectivity index is 0. The van der Waals surface area contributed by atoms with Gasteiger partial charge in [-0.2, -0.15) is 0 Å². The first kappa shape index (κ1) is 11.5. The standard InChI is InChI=1S/C7H15N.2CH3.Al.H/c1-2-8-6-4-3-5-7-8;;;;/h2-7H2,1H3;2*1H3;;/q;;;+1;-1. The molecule has 0 atom stereocenters. The predicted molar refractivity (Wildman–Crippen MR) is 54.6 cm³/mol. The Hall–Kier alpha value is 0.492. The van der Waals surface area contributed by atoms with E-state index >= 15 is 0 Å². The van der Waals surface area contributed by atoms with Gasteiger partial charge in [-0.3, -0.25) is 0 Å². The molecule has 11 heavy (non-hydrogen) atoms. The van der Waals surface area contributed by atoms with Crippen LogP contribution in [0.15, 0.2) is 0 Å². The number of nitrogens with zero attached hydrogens (tertiary/aromatic N) is 1. The first-order valence-corrected chi connectivity index (χ1v) is 7.12. The van der Waals surface area contributed by atoms with Crippen molar-refractivity contribution in [2.75, 3.05) is 19.6 Å². The summed E-state index contributed by atoms with van der Waals surface area (Å²) in [5.41, 5.74) is 0. The van der Waals surface area contributed by atoms with E-state index in [9.17, 15) is 0 Å². The van der Waals surface area contributed by atoms with Crippen LogP contribution in [0, 0.1) is 0 Å². The molecule has 1 aliphatic heterocycles. The topological polar surface area (TPSA) is 3.24 Å². The summed E-state index contributed by atoms with van der Waals surface area (Å²) in [6, 6.07) is 0. The quantitative estimate of drug-likeness (QED) is 0.547. The van der Waals surface area contributed by atoms with Crippen LogP contribution in [0.1, 0.15) is 27.6 Å². The van der Waals surface area contributed by atoms with Crippen molar-refractivity contribution in [2.45, 2.75) is 37.8 Å². The monoisotopic (exact) mass is 171 g/mol. The molecule has 66 valence electrons. The van der Waals surface area contributed by atoms with Gasteiger partial charge >= 0.3 is 26.8 Å². The van der Waals surface area contributed by atoms with Crippen molar-refractivity contribution in [2.24, 2.45) is 0 Å². The molecule has 0 aliphatic carbocycles. The first-order valence-electron chi connectivity index (χ1n) is 4.81. The molecule has 0 aromatic heterocycles. The van der Waals surface area contributed by atoms with E-state index in [1.807, 2.05) is 0 Å². The Kier molecular flexibility index (Phi) is 8.97. The summed E-state index contributed by atoms with van der Waals surface area (Å²) in [6.45, 7) is 6.18. The maximum absolute atomic E-state index is 2.52. The molecule has 1 saturated heterocycles. The molecular formula is C9H22AlN. The second-order valence-electron chi connectivity index (χ2n) is 3.07. The van der Waals surface area contributed by atoms with E-state index in [1.54, 1.807) is 0 Å². The van der Waals surface area contributed by atoms with E-state index in [0.717, 1.165) is 15.2 Å². The number of hydrogen-bond acceptors (Lipinski definition) is 1. The van der Waals surface area contributed by atoms with Crippen LogP contribution in [-0.2, 0) is 0 Å². The molecule has 0 aromatic carbocycles. The Morgan fingerprint density at radius 3 is 1.91 bits per heavy atom. The average Bonchev–Trinajstić information content (AvgIpc) is 2.08. The van der Waals surface area contributed by atoms with Gasteiger partial charge in [0.15, 0.2) is 0 Å². The third-order valence-electron chi connectivity index (χ3n) is 1.90. The third kappa shape index (κ3) is 6.87. The molecule has 1 rings (SSSR count). The van der Waals surface area contributed by atoms with Crippen LogP contribution >= 0.6 is 0 Å². The summed E-state index contributed by atoms with van der Waals surface area (Å²) in [5.74, 6) is 4.42. The van der Waals surface area contributed by atoms with E-state index in [0.29, 0.717) is 0 Å². The van der Waals surface area contributed by atoms with Gasteiger partial charge in [-0.15, -0.1) is 0 Å². The van der Waals surface area contributed by atoms with Crippen molar-refractivity contribution in [3.05, 3.63) is 0 Å². The summed E-state index contributed by atoms with van der Waals surface area (Å²) < 4.78 is 0. The van der Waals surface area contributed by atoms with E-state index in [4.69, 9.17) is 0 Å². The zero-order valence-corrected chi connectivity index (χ0v) is 9.42. The van der Waals surface area contributed by atoms with Gasteiger partial charge in [0.1, 0.15) is 0 Å². The summed E-state index contributed by atoms with van der Waals surface area (Å²) in [4.78, 5) is 2.52. The minimum atomic E-state index is 0. The molecule has 0 aromatic rings. The number of hydrogen-bond donors (Lipinski definition) is 0. The van der Waals surface area contributed by atoms with Crippen LogP contribution in [0.25, 0.3) is 0 Å². The van der Waals surface area contributed by atoms with Gasteiger partial charge in [0, 0.05) is 0 Å². The molecular weight excluding hydrogens is 149 g/mol. The molecule has 1 nitrogen and oxygen atoms in total. The van der Waals surface area contributed by atoms with Gasteiger partial charge in [-0.05, 0) is 32.5 Å². The molecule has 2 heteroatoms. The molecule has 0 saturated carbocycles. The fourth-order valence-corrected chi connectivity index (χ4v) is 1.28. The zero-order valence-electron chi connectivity index (χ0n) is 9.27. The van der Waals surface area contributed by atoms with E-state index in [1.165, 1.54) is 38.9 Å². The van der Waals surface area contributed by atoms with Gasteiger partial charge in [0.05, 0.1) is 0 Å². The van der Waals surface area contributed by atoms with Gasteiger partial charge in [-0.1, -0.05) is 13.3 Å². The zero-order chi connectivity index (χ0) is 8.53. The molecule has 0 bridgehead atoms. The van der Waals surface area contributed by atoms with Crippen LogP contribution in [0.4, 0.5) is 0 Å². The van der Waals surface area contributed by atoms with Crippen molar-refractivity contribution >= 4 is 15.2 Å². The van der Waals surface area contributed by atoms with Crippen molar-refractivity contribution in [1.29, 1.82) is 0 Å². The third-order valence-corrected chi connectivity index (χ3v) is 1.90. The maximum atomic E-state index is 2.52. The number of rotatable bonds is 1. The number of likely N-dealkylation sites (tertiary alicyclic amines) is 1. The van der Waals surface area contributed by atoms with Crippen LogP contribution in [0.2, 0.25) is 11.6 Å². The van der Waals surface area contributed by atoms with E-state index in [2.05, 4.69) is 23.4 Å². The SMILES string of the molecule is CCN1CCCCC1.[CH3][Al+][CH3].[H-]. The fraction of sp³-hybridized carbons (Fsp3) is 1.00. The number of piperidine rings is 1. The van der Waals surface area contributed by atoms with Crippen molar-refractivity contribution < 1.29 is 1.43 Å². The molecule has 1 fully saturated rings. The van der Waals surface area contributed by atoms with Crippen LogP contribution < -0.4 is 0 Å². The normalized spacial score (nSPS) is 18.1. The van der Waals surface area contributed by atoms with Gasteiger partial charge < -0.3 is 6.33 Å². The Morgan fingerprint density at radius 2 is 1.64 bits per heavy atom. The second kappa shape index (κ2) is 8.59. The predicted octanol–water partition coefficient (Wildman–Crippen LogP) is 2.39. The van der Waals surface area contributed by atoms with Crippen LogP contribution in [0.3, 0.4) is 0 Å². The molecule has 1 aliphatic rings. The molecule has 0 radical (unpaired) electrons. The summed E-state index contributed by atoms with van der Waals surface area (Å²) in [5, 5.41) is 0. The first-order chi connectivity index (χ1) is 5.35. The Bertz CT molecular complexity index is 74.9. The van der Waals surface area contributed by atoms with Crippen molar-refractivity contribution in [1.82, 2.24) is 4.90 Å². The van der Waals surface area contributed by atoms with Crippen LogP contribution in [-0.4, -0.2) is 39.8 Å². The molecule has 1 heterocycles. The Morgan fingerprint density at radius 1 is 1.18 bits per heavy atom. The summed E-state index contributed by atoms with van der Waals surface area (Å²) in [6.07, 6.45) is 4.30.